The number of pyridine rings is 1. The Morgan fingerprint density at radius 2 is 1.55 bits per heavy atom. The van der Waals surface area contributed by atoms with Crippen LogP contribution in [0.3, 0.4) is 0 Å². The number of aliphatic hydroxyl groups excluding tert-OH is 1. The molecule has 7 rings (SSSR count). The van der Waals surface area contributed by atoms with Gasteiger partial charge in [0.2, 0.25) is 11.5 Å². The van der Waals surface area contributed by atoms with Crippen molar-refractivity contribution in [2.45, 2.75) is 63.8 Å². The summed E-state index contributed by atoms with van der Waals surface area (Å²) in [7, 11) is 0. The average molecular weight is 786 g/mol. The van der Waals surface area contributed by atoms with E-state index in [9.17, 15) is 19.5 Å². The molecule has 1 aliphatic carbocycles. The van der Waals surface area contributed by atoms with Crippen molar-refractivity contribution in [1.29, 1.82) is 0 Å². The molecule has 11 nitrogen and oxygen atoms in total. The molecule has 2 aliphatic rings. The minimum Gasteiger partial charge on any atom is -0.487 e. The van der Waals surface area contributed by atoms with Crippen molar-refractivity contribution in [2.24, 2.45) is 11.8 Å². The molecule has 5 N–H and O–H groups in total. The molecule has 1 aromatic heterocycles. The maximum Gasteiger partial charge on any atom is 0.411 e. The minimum atomic E-state index is -0.763. The number of benzene rings is 4. The summed E-state index contributed by atoms with van der Waals surface area (Å²) in [5, 5.41) is 21.6. The minimum absolute atomic E-state index is 0.0725. The van der Waals surface area contributed by atoms with Crippen molar-refractivity contribution < 1.29 is 24.2 Å². The monoisotopic (exact) mass is 785 g/mol. The zero-order valence-corrected chi connectivity index (χ0v) is 33.0. The quantitative estimate of drug-likeness (QED) is 0.0696. The highest BCUT2D eigenvalue weighted by molar-refractivity contribution is 5.91. The normalized spacial score (nSPS) is 18.0. The van der Waals surface area contributed by atoms with E-state index in [1.165, 1.54) is 6.07 Å². The molecule has 2 fully saturated rings. The molecule has 11 heteroatoms. The van der Waals surface area contributed by atoms with E-state index >= 15 is 0 Å². The molecular weight excluding hydrogens is 731 g/mol. The summed E-state index contributed by atoms with van der Waals surface area (Å²) < 4.78 is 11.9. The zero-order valence-electron chi connectivity index (χ0n) is 33.0. The number of H-pyrrole nitrogens is 1. The van der Waals surface area contributed by atoms with Gasteiger partial charge in [0.05, 0.1) is 17.3 Å². The summed E-state index contributed by atoms with van der Waals surface area (Å²) in [6.45, 7) is 4.47. The van der Waals surface area contributed by atoms with Gasteiger partial charge in [-0.3, -0.25) is 14.9 Å². The lowest BCUT2D eigenvalue weighted by Crippen LogP contribution is -2.40. The number of nitrogens with one attached hydrogen (secondary N) is 4. The predicted octanol–water partition coefficient (Wildman–Crippen LogP) is 7.42. The molecule has 2 amide bonds. The molecule has 58 heavy (non-hydrogen) atoms. The Morgan fingerprint density at radius 3 is 2.34 bits per heavy atom. The van der Waals surface area contributed by atoms with Crippen molar-refractivity contribution in [3.8, 4) is 16.9 Å². The molecule has 304 valence electrons. The van der Waals surface area contributed by atoms with Crippen molar-refractivity contribution in [2.75, 3.05) is 44.6 Å². The maximum absolute atomic E-state index is 12.9. The lowest BCUT2D eigenvalue weighted by atomic mass is 9.81. The van der Waals surface area contributed by atoms with Crippen LogP contribution in [-0.4, -0.2) is 72.4 Å². The molecule has 2 heterocycles. The van der Waals surface area contributed by atoms with Gasteiger partial charge in [-0.1, -0.05) is 91.3 Å². The third-order valence-corrected chi connectivity index (χ3v) is 11.4. The van der Waals surface area contributed by atoms with Crippen molar-refractivity contribution in [3.05, 3.63) is 131 Å². The summed E-state index contributed by atoms with van der Waals surface area (Å²) in [6.07, 6.45) is 4.91. The van der Waals surface area contributed by atoms with Crippen LogP contribution in [-0.2, 0) is 16.1 Å². The number of carbonyl (C=O) groups excluding carboxylic acids is 2. The second-order valence-corrected chi connectivity index (χ2v) is 15.6. The summed E-state index contributed by atoms with van der Waals surface area (Å²) in [5.41, 5.74) is 4.80. The van der Waals surface area contributed by atoms with E-state index in [0.717, 1.165) is 91.5 Å². The standard InChI is InChI=1S/C47H55N5O6/c53-42(39-18-20-43(46-40(39)19-21-45(55)51-46)57-32-33-10-3-1-4-11-33)31-48-29-34-12-9-13-35(28-34)30-49-44(54)24-27-52-25-22-37(23-26-52)58-47(56)50-41-17-8-7-16-38(41)36-14-5-2-6-15-36/h1-8,10-11,14-21,34-35,37,42,48,53H,9,12-13,22-32H2,(H,49,54)(H,50,56)(H,51,55)/t34?,35?,42-/m0/s1. The van der Waals surface area contributed by atoms with Gasteiger partial charge in [0.15, 0.2) is 0 Å². The number of carbonyl (C=O) groups is 2. The number of likely N-dealkylation sites (tertiary alicyclic amines) is 1. The Balaban J connectivity index is 0.786. The van der Waals surface area contributed by atoms with E-state index in [4.69, 9.17) is 9.47 Å². The molecule has 1 saturated carbocycles. The fraction of sp³-hybridized carbons (Fsp3) is 0.383. The number of hydrogen-bond donors (Lipinski definition) is 5. The number of hydrogen-bond acceptors (Lipinski definition) is 8. The second kappa shape index (κ2) is 20.3. The van der Waals surface area contributed by atoms with Crippen LogP contribution in [0, 0.1) is 11.8 Å². The Kier molecular flexibility index (Phi) is 14.2. The van der Waals surface area contributed by atoms with Gasteiger partial charge in [-0.25, -0.2) is 4.79 Å². The molecule has 3 atom stereocenters. The summed E-state index contributed by atoms with van der Waals surface area (Å²) >= 11 is 0. The maximum atomic E-state index is 12.9. The van der Waals surface area contributed by atoms with Gasteiger partial charge >= 0.3 is 6.09 Å². The fourth-order valence-electron chi connectivity index (χ4n) is 8.31. The Hall–Kier alpha value is -5.49. The highest BCUT2D eigenvalue weighted by Crippen LogP contribution is 2.32. The molecule has 0 radical (unpaired) electrons. The molecular formula is C47H55N5O6. The van der Waals surface area contributed by atoms with E-state index in [1.54, 1.807) is 6.07 Å². The van der Waals surface area contributed by atoms with Crippen molar-refractivity contribution >= 4 is 28.6 Å². The number of fused-ring (bicyclic) bond motifs is 1. The Morgan fingerprint density at radius 1 is 0.828 bits per heavy atom. The number of aromatic amines is 1. The van der Waals surface area contributed by atoms with Gasteiger partial charge in [-0.2, -0.15) is 0 Å². The first-order chi connectivity index (χ1) is 28.4. The van der Waals surface area contributed by atoms with E-state index in [0.29, 0.717) is 55.8 Å². The molecule has 4 aromatic carbocycles. The number of amides is 2. The van der Waals surface area contributed by atoms with Crippen molar-refractivity contribution in [3.63, 3.8) is 0 Å². The topological polar surface area (TPSA) is 145 Å². The fourth-order valence-corrected chi connectivity index (χ4v) is 8.31. The van der Waals surface area contributed by atoms with Crippen LogP contribution < -0.4 is 26.2 Å². The van der Waals surface area contributed by atoms with E-state index in [2.05, 4.69) is 25.8 Å². The number of ether oxygens (including phenoxy) is 2. The van der Waals surface area contributed by atoms with Gasteiger partial charge in [-0.05, 0) is 85.4 Å². The Labute approximate surface area is 340 Å². The number of piperidine rings is 1. The van der Waals surface area contributed by atoms with Gasteiger partial charge in [0.25, 0.3) is 0 Å². The molecule has 5 aromatic rings. The average Bonchev–Trinajstić information content (AvgIpc) is 3.25. The highest BCUT2D eigenvalue weighted by Gasteiger charge is 2.25. The molecule has 2 unspecified atom stereocenters. The van der Waals surface area contributed by atoms with Gasteiger partial charge in [-0.15, -0.1) is 0 Å². The predicted molar refractivity (Wildman–Crippen MR) is 228 cm³/mol. The number of anilines is 1. The van der Waals surface area contributed by atoms with Crippen LogP contribution >= 0.6 is 0 Å². The van der Waals surface area contributed by atoms with Crippen molar-refractivity contribution in [1.82, 2.24) is 20.5 Å². The number of rotatable bonds is 16. The van der Waals surface area contributed by atoms with Crippen LogP contribution in [0.4, 0.5) is 10.5 Å². The lowest BCUT2D eigenvalue weighted by Gasteiger charge is -2.32. The lowest BCUT2D eigenvalue weighted by molar-refractivity contribution is -0.121. The summed E-state index contributed by atoms with van der Waals surface area (Å²) in [6, 6.07) is 34.4. The third-order valence-electron chi connectivity index (χ3n) is 11.4. The molecule has 1 saturated heterocycles. The first-order valence-corrected chi connectivity index (χ1v) is 20.7. The zero-order chi connectivity index (χ0) is 40.1. The van der Waals surface area contributed by atoms with E-state index < -0.39 is 12.2 Å². The van der Waals surface area contributed by atoms with E-state index in [-0.39, 0.29) is 17.6 Å². The Bertz CT molecular complexity index is 2150. The first kappa shape index (κ1) is 40.7. The van der Waals surface area contributed by atoms with Crippen LogP contribution in [0.15, 0.2) is 114 Å². The van der Waals surface area contributed by atoms with Crippen LogP contribution in [0.2, 0.25) is 0 Å². The molecule has 0 bridgehead atoms. The number of aromatic nitrogens is 1. The SMILES string of the molecule is O=C(CCN1CCC(OC(=O)Nc2ccccc2-c2ccccc2)CC1)NCC1CCCC(CNC[C@H](O)c2ccc(OCc3ccccc3)c3[nH]c(=O)ccc23)C1. The molecule has 1 aliphatic heterocycles. The van der Waals surface area contributed by atoms with Crippen LogP contribution in [0.1, 0.15) is 62.2 Å². The highest BCUT2D eigenvalue weighted by atomic mass is 16.6. The van der Waals surface area contributed by atoms with Gasteiger partial charge < -0.3 is 35.1 Å². The summed E-state index contributed by atoms with van der Waals surface area (Å²) in [4.78, 5) is 43.1. The number of para-hydroxylation sites is 1. The summed E-state index contributed by atoms with van der Waals surface area (Å²) in [5.74, 6) is 1.53. The largest absolute Gasteiger partial charge is 0.487 e. The number of nitrogens with zero attached hydrogens (tertiary/aromatic N) is 1. The number of aliphatic hydroxyl groups is 1. The second-order valence-electron chi connectivity index (χ2n) is 15.6. The van der Waals surface area contributed by atoms with E-state index in [1.807, 2.05) is 97.1 Å². The smallest absolute Gasteiger partial charge is 0.411 e. The van der Waals surface area contributed by atoms with Gasteiger partial charge in [0.1, 0.15) is 18.5 Å². The van der Waals surface area contributed by atoms with Gasteiger partial charge in [0, 0.05) is 56.2 Å². The van der Waals surface area contributed by atoms with Crippen LogP contribution in [0.25, 0.3) is 22.0 Å². The van der Waals surface area contributed by atoms with Crippen LogP contribution in [0.5, 0.6) is 5.75 Å². The third kappa shape index (κ3) is 11.3. The first-order valence-electron chi connectivity index (χ1n) is 20.7. The molecule has 0 spiro atoms.